The van der Waals surface area contributed by atoms with Crippen LogP contribution in [0.2, 0.25) is 0 Å². The summed E-state index contributed by atoms with van der Waals surface area (Å²) in [5.41, 5.74) is -1.36. The zero-order valence-corrected chi connectivity index (χ0v) is 14.4. The van der Waals surface area contributed by atoms with Crippen LogP contribution in [0.3, 0.4) is 0 Å². The fraction of sp³-hybridized carbons (Fsp3) is 0.588. The van der Waals surface area contributed by atoms with Gasteiger partial charge in [-0.2, -0.15) is 0 Å². The van der Waals surface area contributed by atoms with Crippen LogP contribution in [-0.4, -0.2) is 20.9 Å². The molecule has 0 bridgehead atoms. The molecule has 0 saturated heterocycles. The van der Waals surface area contributed by atoms with Crippen molar-refractivity contribution < 1.29 is 19.7 Å². The predicted molar refractivity (Wildman–Crippen MR) is 93.0 cm³/mol. The van der Waals surface area contributed by atoms with E-state index in [2.05, 4.69) is 6.92 Å². The minimum atomic E-state index is -1.39. The largest absolute Gasteiger partial charge is 0.478 e. The first kappa shape index (κ1) is 20.5. The number of rotatable bonds is 12. The molecule has 0 saturated carbocycles. The van der Waals surface area contributed by atoms with Gasteiger partial charge in [-0.3, -0.25) is 20.2 Å². The number of carboxylic acids is 1. The summed E-state index contributed by atoms with van der Waals surface area (Å²) < 4.78 is 0. The molecule has 0 aliphatic heterocycles. The van der Waals surface area contributed by atoms with Crippen molar-refractivity contribution in [3.63, 3.8) is 0 Å². The van der Waals surface area contributed by atoms with Crippen molar-refractivity contribution in [2.75, 3.05) is 0 Å². The SMILES string of the molecule is CCCCCCCCCCc1c(C(=O)O)cc([N+](=O)[O-])cc1[N+](=O)[O-]. The van der Waals surface area contributed by atoms with Crippen LogP contribution in [0.5, 0.6) is 0 Å². The molecule has 0 amide bonds. The third-order valence-electron chi connectivity index (χ3n) is 4.13. The average molecular weight is 352 g/mol. The predicted octanol–water partition coefficient (Wildman–Crippen LogP) is 4.88. The highest BCUT2D eigenvalue weighted by Gasteiger charge is 2.26. The molecule has 1 aromatic carbocycles. The number of nitro benzene ring substituents is 2. The van der Waals surface area contributed by atoms with Crippen LogP contribution in [0, 0.1) is 20.2 Å². The summed E-state index contributed by atoms with van der Waals surface area (Å²) >= 11 is 0. The fourth-order valence-corrected chi connectivity index (χ4v) is 2.80. The van der Waals surface area contributed by atoms with Gasteiger partial charge in [0.05, 0.1) is 21.5 Å². The molecule has 0 atom stereocenters. The lowest BCUT2D eigenvalue weighted by atomic mass is 9.97. The first-order valence-corrected chi connectivity index (χ1v) is 8.57. The Kier molecular flexibility index (Phi) is 8.52. The second-order valence-corrected chi connectivity index (χ2v) is 6.04. The molecule has 8 nitrogen and oxygen atoms in total. The molecule has 8 heteroatoms. The van der Waals surface area contributed by atoms with Crippen molar-refractivity contribution >= 4 is 17.3 Å². The van der Waals surface area contributed by atoms with Gasteiger partial charge in [-0.15, -0.1) is 0 Å². The summed E-state index contributed by atoms with van der Waals surface area (Å²) in [7, 11) is 0. The maximum absolute atomic E-state index is 11.4. The molecule has 0 aromatic heterocycles. The molecule has 0 aliphatic carbocycles. The monoisotopic (exact) mass is 352 g/mol. The van der Waals surface area contributed by atoms with E-state index in [1.54, 1.807) is 0 Å². The number of carbonyl (C=O) groups is 1. The highest BCUT2D eigenvalue weighted by molar-refractivity contribution is 5.91. The van der Waals surface area contributed by atoms with Crippen LogP contribution >= 0.6 is 0 Å². The third-order valence-corrected chi connectivity index (χ3v) is 4.13. The minimum absolute atomic E-state index is 0.0640. The van der Waals surface area contributed by atoms with Crippen LogP contribution in [0.1, 0.15) is 74.2 Å². The zero-order chi connectivity index (χ0) is 18.8. The molecule has 0 aliphatic rings. The molecule has 1 aromatic rings. The quantitative estimate of drug-likeness (QED) is 0.324. The number of nitrogens with zero attached hydrogens (tertiary/aromatic N) is 2. The maximum Gasteiger partial charge on any atom is 0.336 e. The molecule has 138 valence electrons. The minimum Gasteiger partial charge on any atom is -0.478 e. The number of carboxylic acid groups (broad SMARTS) is 1. The Bertz CT molecular complexity index is 595. The lowest BCUT2D eigenvalue weighted by Crippen LogP contribution is -2.08. The molecule has 1 rings (SSSR count). The van der Waals surface area contributed by atoms with Gasteiger partial charge in [0.25, 0.3) is 11.4 Å². The summed E-state index contributed by atoms with van der Waals surface area (Å²) in [6, 6.07) is 1.74. The Labute approximate surface area is 146 Å². The Hall–Kier alpha value is -2.51. The molecule has 0 spiro atoms. The number of nitro groups is 2. The van der Waals surface area contributed by atoms with Gasteiger partial charge in [0, 0.05) is 11.6 Å². The highest BCUT2D eigenvalue weighted by atomic mass is 16.6. The number of benzene rings is 1. The van der Waals surface area contributed by atoms with E-state index >= 15 is 0 Å². The maximum atomic E-state index is 11.4. The fourth-order valence-electron chi connectivity index (χ4n) is 2.80. The molecular weight excluding hydrogens is 328 g/mol. The van der Waals surface area contributed by atoms with E-state index < -0.39 is 27.2 Å². The molecule has 0 fully saturated rings. The van der Waals surface area contributed by atoms with Gasteiger partial charge >= 0.3 is 5.97 Å². The number of non-ortho nitro benzene ring substituents is 1. The van der Waals surface area contributed by atoms with Gasteiger partial charge in [-0.1, -0.05) is 51.9 Å². The Morgan fingerprint density at radius 1 is 0.960 bits per heavy atom. The van der Waals surface area contributed by atoms with Crippen LogP contribution < -0.4 is 0 Å². The molecule has 0 heterocycles. The van der Waals surface area contributed by atoms with E-state index in [-0.39, 0.29) is 17.5 Å². The number of aromatic carboxylic acids is 1. The molecule has 25 heavy (non-hydrogen) atoms. The Morgan fingerprint density at radius 2 is 1.52 bits per heavy atom. The first-order chi connectivity index (χ1) is 11.9. The highest BCUT2D eigenvalue weighted by Crippen LogP contribution is 2.30. The molecule has 1 N–H and O–H groups in total. The number of hydrogen-bond donors (Lipinski definition) is 1. The van der Waals surface area contributed by atoms with E-state index in [9.17, 15) is 30.1 Å². The number of hydrogen-bond acceptors (Lipinski definition) is 5. The van der Waals surface area contributed by atoms with Crippen molar-refractivity contribution in [3.05, 3.63) is 43.5 Å². The lowest BCUT2D eigenvalue weighted by molar-refractivity contribution is -0.394. The van der Waals surface area contributed by atoms with E-state index in [1.807, 2.05) is 0 Å². The summed E-state index contributed by atoms with van der Waals surface area (Å²) in [6.45, 7) is 2.15. The molecule has 0 unspecified atom stereocenters. The van der Waals surface area contributed by atoms with Crippen LogP contribution in [0.25, 0.3) is 0 Å². The van der Waals surface area contributed by atoms with Crippen LogP contribution in [0.4, 0.5) is 11.4 Å². The summed E-state index contributed by atoms with van der Waals surface area (Å²) in [6.07, 6.45) is 8.54. The molecular formula is C17H24N2O6. The molecule has 0 radical (unpaired) electrons. The van der Waals surface area contributed by atoms with E-state index in [0.29, 0.717) is 6.42 Å². The van der Waals surface area contributed by atoms with E-state index in [1.165, 1.54) is 19.3 Å². The van der Waals surface area contributed by atoms with Gasteiger partial charge in [0.2, 0.25) is 0 Å². The van der Waals surface area contributed by atoms with Crippen molar-refractivity contribution in [1.29, 1.82) is 0 Å². The normalized spacial score (nSPS) is 10.6. The second-order valence-electron chi connectivity index (χ2n) is 6.04. The van der Waals surface area contributed by atoms with Gasteiger partial charge < -0.3 is 5.11 Å². The van der Waals surface area contributed by atoms with Crippen molar-refractivity contribution in [3.8, 4) is 0 Å². The van der Waals surface area contributed by atoms with Crippen molar-refractivity contribution in [2.45, 2.75) is 64.7 Å². The average Bonchev–Trinajstić information content (AvgIpc) is 2.56. The van der Waals surface area contributed by atoms with E-state index in [0.717, 1.165) is 37.8 Å². The van der Waals surface area contributed by atoms with Crippen LogP contribution in [-0.2, 0) is 6.42 Å². The third kappa shape index (κ3) is 6.48. The number of unbranched alkanes of at least 4 members (excludes halogenated alkanes) is 7. The van der Waals surface area contributed by atoms with Crippen molar-refractivity contribution in [1.82, 2.24) is 0 Å². The topological polar surface area (TPSA) is 124 Å². The second kappa shape index (κ2) is 10.4. The lowest BCUT2D eigenvalue weighted by Gasteiger charge is -2.07. The van der Waals surface area contributed by atoms with Gasteiger partial charge in [-0.05, 0) is 12.8 Å². The van der Waals surface area contributed by atoms with Gasteiger partial charge in [0.15, 0.2) is 0 Å². The van der Waals surface area contributed by atoms with Gasteiger partial charge in [-0.25, -0.2) is 4.79 Å². The zero-order valence-electron chi connectivity index (χ0n) is 14.4. The summed E-state index contributed by atoms with van der Waals surface area (Å²) in [4.78, 5) is 31.8. The van der Waals surface area contributed by atoms with Crippen LogP contribution in [0.15, 0.2) is 12.1 Å². The first-order valence-electron chi connectivity index (χ1n) is 8.57. The van der Waals surface area contributed by atoms with Gasteiger partial charge in [0.1, 0.15) is 0 Å². The van der Waals surface area contributed by atoms with Crippen molar-refractivity contribution in [2.24, 2.45) is 0 Å². The standard InChI is InChI=1S/C17H24N2O6/c1-2-3-4-5-6-7-8-9-10-14-15(17(20)21)11-13(18(22)23)12-16(14)19(24)25/h11-12H,2-10H2,1H3,(H,20,21). The Balaban J connectivity index is 2.78. The summed E-state index contributed by atoms with van der Waals surface area (Å²) in [5.74, 6) is -1.39. The summed E-state index contributed by atoms with van der Waals surface area (Å²) in [5, 5.41) is 31.3. The Morgan fingerprint density at radius 3 is 2.00 bits per heavy atom. The smallest absolute Gasteiger partial charge is 0.336 e. The van der Waals surface area contributed by atoms with E-state index in [4.69, 9.17) is 0 Å².